The van der Waals surface area contributed by atoms with Gasteiger partial charge in [-0.1, -0.05) is 18.2 Å². The number of aromatic nitrogens is 1. The van der Waals surface area contributed by atoms with Gasteiger partial charge in [-0.05, 0) is 12.1 Å². The van der Waals surface area contributed by atoms with Crippen LogP contribution in [0.2, 0.25) is 0 Å². The molecule has 2 aromatic rings. The van der Waals surface area contributed by atoms with E-state index >= 15 is 0 Å². The SMILES string of the molecule is CN(C(=O)c1scnc1C(F)(F)F)c1ccccc1. The van der Waals surface area contributed by atoms with Gasteiger partial charge in [0.2, 0.25) is 0 Å². The minimum atomic E-state index is -4.62. The zero-order valence-electron chi connectivity index (χ0n) is 9.81. The molecule has 0 fully saturated rings. The molecule has 0 bridgehead atoms. The summed E-state index contributed by atoms with van der Waals surface area (Å²) >= 11 is 0.685. The lowest BCUT2D eigenvalue weighted by molar-refractivity contribution is -0.141. The maximum absolute atomic E-state index is 12.7. The van der Waals surface area contributed by atoms with Gasteiger partial charge in [0.25, 0.3) is 5.91 Å². The van der Waals surface area contributed by atoms with Crippen molar-refractivity contribution in [2.24, 2.45) is 0 Å². The number of carbonyl (C=O) groups excluding carboxylic acids is 1. The molecule has 0 saturated heterocycles. The van der Waals surface area contributed by atoms with Crippen LogP contribution in [0, 0.1) is 0 Å². The van der Waals surface area contributed by atoms with Gasteiger partial charge in [-0.15, -0.1) is 11.3 Å². The van der Waals surface area contributed by atoms with E-state index in [1.54, 1.807) is 30.3 Å². The molecular weight excluding hydrogens is 277 g/mol. The molecule has 0 spiro atoms. The van der Waals surface area contributed by atoms with E-state index in [0.717, 1.165) is 5.51 Å². The van der Waals surface area contributed by atoms with Crippen LogP contribution >= 0.6 is 11.3 Å². The Bertz CT molecular complexity index is 580. The summed E-state index contributed by atoms with van der Waals surface area (Å²) in [6.07, 6.45) is -4.62. The van der Waals surface area contributed by atoms with Gasteiger partial charge in [0, 0.05) is 12.7 Å². The maximum Gasteiger partial charge on any atom is 0.434 e. The molecule has 0 atom stereocenters. The Morgan fingerprint density at radius 1 is 1.26 bits per heavy atom. The molecule has 3 nitrogen and oxygen atoms in total. The van der Waals surface area contributed by atoms with E-state index < -0.39 is 22.7 Å². The van der Waals surface area contributed by atoms with Crippen molar-refractivity contribution in [3.8, 4) is 0 Å². The van der Waals surface area contributed by atoms with Gasteiger partial charge in [0.05, 0.1) is 5.51 Å². The highest BCUT2D eigenvalue weighted by molar-refractivity contribution is 7.12. The normalized spacial score (nSPS) is 11.4. The number of benzene rings is 1. The first-order valence-electron chi connectivity index (χ1n) is 5.25. The molecule has 7 heteroatoms. The predicted molar refractivity (Wildman–Crippen MR) is 66.3 cm³/mol. The molecule has 19 heavy (non-hydrogen) atoms. The van der Waals surface area contributed by atoms with E-state index in [0.29, 0.717) is 17.0 Å². The summed E-state index contributed by atoms with van der Waals surface area (Å²) in [4.78, 5) is 16.1. The van der Waals surface area contributed by atoms with Crippen LogP contribution in [0.4, 0.5) is 18.9 Å². The summed E-state index contributed by atoms with van der Waals surface area (Å²) in [7, 11) is 1.43. The average Bonchev–Trinajstić information content (AvgIpc) is 2.87. The third kappa shape index (κ3) is 2.76. The average molecular weight is 286 g/mol. The number of thiazole rings is 1. The molecule has 1 aromatic carbocycles. The molecular formula is C12H9F3N2OS. The predicted octanol–water partition coefficient (Wildman–Crippen LogP) is 3.44. The summed E-state index contributed by atoms with van der Waals surface area (Å²) in [5, 5.41) is 0. The van der Waals surface area contributed by atoms with Crippen molar-refractivity contribution in [3.63, 3.8) is 0 Å². The van der Waals surface area contributed by atoms with Crippen molar-refractivity contribution in [2.75, 3.05) is 11.9 Å². The van der Waals surface area contributed by atoms with Gasteiger partial charge in [-0.3, -0.25) is 4.79 Å². The molecule has 0 aliphatic rings. The van der Waals surface area contributed by atoms with E-state index in [-0.39, 0.29) is 0 Å². The Kier molecular flexibility index (Phi) is 3.57. The van der Waals surface area contributed by atoms with E-state index in [1.807, 2.05) is 0 Å². The monoisotopic (exact) mass is 286 g/mol. The van der Waals surface area contributed by atoms with E-state index in [2.05, 4.69) is 4.98 Å². The number of halogens is 3. The standard InChI is InChI=1S/C12H9F3N2OS/c1-17(8-5-3-2-4-6-8)11(18)9-10(12(13,14)15)16-7-19-9/h2-7H,1H3. The summed E-state index contributed by atoms with van der Waals surface area (Å²) in [5.41, 5.74) is 0.411. The zero-order valence-corrected chi connectivity index (χ0v) is 10.6. The number of hydrogen-bond acceptors (Lipinski definition) is 3. The summed E-state index contributed by atoms with van der Waals surface area (Å²) in [5.74, 6) is -0.721. The fourth-order valence-corrected chi connectivity index (χ4v) is 2.30. The number of alkyl halides is 3. The highest BCUT2D eigenvalue weighted by Crippen LogP contribution is 2.33. The minimum Gasteiger partial charge on any atom is -0.311 e. The van der Waals surface area contributed by atoms with Gasteiger partial charge < -0.3 is 4.90 Å². The van der Waals surface area contributed by atoms with Gasteiger partial charge in [0.15, 0.2) is 5.69 Å². The van der Waals surface area contributed by atoms with Crippen molar-refractivity contribution < 1.29 is 18.0 Å². The van der Waals surface area contributed by atoms with Crippen LogP contribution in [0.1, 0.15) is 15.4 Å². The first kappa shape index (κ1) is 13.5. The summed E-state index contributed by atoms with van der Waals surface area (Å²) < 4.78 is 38.0. The van der Waals surface area contributed by atoms with Crippen LogP contribution < -0.4 is 4.90 Å². The number of anilines is 1. The second kappa shape index (κ2) is 5.00. The first-order chi connectivity index (χ1) is 8.91. The van der Waals surface area contributed by atoms with Crippen molar-refractivity contribution in [3.05, 3.63) is 46.4 Å². The van der Waals surface area contributed by atoms with Gasteiger partial charge in [0.1, 0.15) is 4.88 Å². The molecule has 1 aromatic heterocycles. The lowest BCUT2D eigenvalue weighted by Gasteiger charge is -2.17. The molecule has 0 aliphatic carbocycles. The molecule has 1 heterocycles. The Labute approximate surface area is 111 Å². The number of amides is 1. The lowest BCUT2D eigenvalue weighted by Crippen LogP contribution is -2.27. The van der Waals surface area contributed by atoms with Crippen LogP contribution in [0.3, 0.4) is 0 Å². The second-order valence-electron chi connectivity index (χ2n) is 3.73. The van der Waals surface area contributed by atoms with Crippen molar-refractivity contribution in [1.82, 2.24) is 4.98 Å². The number of carbonyl (C=O) groups is 1. The minimum absolute atomic E-state index is 0.404. The van der Waals surface area contributed by atoms with E-state index in [1.165, 1.54) is 11.9 Å². The largest absolute Gasteiger partial charge is 0.434 e. The van der Waals surface area contributed by atoms with Crippen LogP contribution in [0.25, 0.3) is 0 Å². The fourth-order valence-electron chi connectivity index (χ4n) is 1.52. The summed E-state index contributed by atoms with van der Waals surface area (Å²) in [6.45, 7) is 0. The Balaban J connectivity index is 2.33. The maximum atomic E-state index is 12.7. The van der Waals surface area contributed by atoms with Crippen LogP contribution in [0.5, 0.6) is 0 Å². The third-order valence-corrected chi connectivity index (χ3v) is 3.29. The summed E-state index contributed by atoms with van der Waals surface area (Å²) in [6, 6.07) is 8.46. The second-order valence-corrected chi connectivity index (χ2v) is 4.58. The van der Waals surface area contributed by atoms with Gasteiger partial charge >= 0.3 is 6.18 Å². The zero-order chi connectivity index (χ0) is 14.0. The van der Waals surface area contributed by atoms with Gasteiger partial charge in [-0.2, -0.15) is 13.2 Å². The molecule has 100 valence electrons. The Morgan fingerprint density at radius 2 is 1.89 bits per heavy atom. The molecule has 0 unspecified atom stereocenters. The molecule has 0 N–H and O–H groups in total. The molecule has 0 aliphatic heterocycles. The highest BCUT2D eigenvalue weighted by Gasteiger charge is 2.39. The van der Waals surface area contributed by atoms with Crippen molar-refractivity contribution >= 4 is 22.9 Å². The molecule has 0 saturated carbocycles. The topological polar surface area (TPSA) is 33.2 Å². The number of para-hydroxylation sites is 1. The molecule has 0 radical (unpaired) electrons. The first-order valence-corrected chi connectivity index (χ1v) is 6.13. The number of nitrogens with zero attached hydrogens (tertiary/aromatic N) is 2. The van der Waals surface area contributed by atoms with Crippen molar-refractivity contribution in [2.45, 2.75) is 6.18 Å². The quantitative estimate of drug-likeness (QED) is 0.847. The van der Waals surface area contributed by atoms with Crippen LogP contribution in [-0.2, 0) is 6.18 Å². The van der Waals surface area contributed by atoms with E-state index in [9.17, 15) is 18.0 Å². The fraction of sp³-hybridized carbons (Fsp3) is 0.167. The van der Waals surface area contributed by atoms with E-state index in [4.69, 9.17) is 0 Å². The molecule has 1 amide bonds. The third-order valence-electron chi connectivity index (χ3n) is 2.48. The molecule has 2 rings (SSSR count). The van der Waals surface area contributed by atoms with Gasteiger partial charge in [-0.25, -0.2) is 4.98 Å². The van der Waals surface area contributed by atoms with Crippen molar-refractivity contribution in [1.29, 1.82) is 0 Å². The Hall–Kier alpha value is -1.89. The lowest BCUT2D eigenvalue weighted by atomic mass is 10.2. The van der Waals surface area contributed by atoms with Crippen LogP contribution in [0.15, 0.2) is 35.8 Å². The highest BCUT2D eigenvalue weighted by atomic mass is 32.1. The Morgan fingerprint density at radius 3 is 2.47 bits per heavy atom. The van der Waals surface area contributed by atoms with Crippen LogP contribution in [-0.4, -0.2) is 17.9 Å². The number of rotatable bonds is 2. The smallest absolute Gasteiger partial charge is 0.311 e. The number of hydrogen-bond donors (Lipinski definition) is 0.